The van der Waals surface area contributed by atoms with Crippen molar-refractivity contribution in [2.24, 2.45) is 11.1 Å². The number of nitrogens with one attached hydrogen (secondary N) is 4. The van der Waals surface area contributed by atoms with Crippen LogP contribution in [0, 0.1) is 17.0 Å². The lowest BCUT2D eigenvalue weighted by Gasteiger charge is -2.41. The van der Waals surface area contributed by atoms with E-state index in [1.54, 1.807) is 26.2 Å². The Morgan fingerprint density at radius 1 is 0.923 bits per heavy atom. The van der Waals surface area contributed by atoms with Gasteiger partial charge >= 0.3 is 0 Å². The summed E-state index contributed by atoms with van der Waals surface area (Å²) >= 11 is 0. The molecule has 0 spiro atoms. The van der Waals surface area contributed by atoms with Gasteiger partial charge in [-0.25, -0.2) is 8.78 Å². The molecule has 282 valence electrons. The standard InChI is InChI=1S/C37H49F2N7O6/c1-22(41-5)34(50)44-29(18-31(40)48)36(52)43-28(35(51)42-6)14-15-46(32(49)21-47)33(37(2,3)4)30-16-24(26-17-25(38)12-13-27(26)39)20-45(30)19-23-10-8-7-9-11-23/h7-13,16-17,20,22,28-29,33,41,47H,14-15,18-19,21H2,1-6H3,(H2,40,48)(H,42,51)(H,43,52)(H,44,50). The van der Waals surface area contributed by atoms with Crippen molar-refractivity contribution in [2.75, 3.05) is 27.2 Å². The van der Waals surface area contributed by atoms with E-state index in [9.17, 15) is 33.5 Å². The van der Waals surface area contributed by atoms with Crippen LogP contribution in [0.25, 0.3) is 11.1 Å². The topological polar surface area (TPSA) is 188 Å². The molecule has 7 N–H and O–H groups in total. The number of aliphatic hydroxyl groups is 1. The minimum Gasteiger partial charge on any atom is -0.387 e. The predicted molar refractivity (Wildman–Crippen MR) is 191 cm³/mol. The number of nitrogens with zero attached hydrogens (tertiary/aromatic N) is 2. The van der Waals surface area contributed by atoms with Crippen molar-refractivity contribution >= 4 is 29.5 Å². The predicted octanol–water partition coefficient (Wildman–Crippen LogP) is 1.98. The zero-order valence-corrected chi connectivity index (χ0v) is 30.3. The van der Waals surface area contributed by atoms with Crippen LogP contribution < -0.4 is 27.0 Å². The molecule has 0 radical (unpaired) electrons. The number of carbonyl (C=O) groups is 5. The zero-order chi connectivity index (χ0) is 38.7. The minimum absolute atomic E-state index is 0.0184. The first-order chi connectivity index (χ1) is 24.5. The SMILES string of the molecule is CNC(=O)C(CCN(C(=O)CO)C(c1cc(-c2cc(F)ccc2F)cn1Cc1ccccc1)C(C)(C)C)NC(=O)C(CC(N)=O)NC(=O)C(C)NC. The Balaban J connectivity index is 2.07. The molecule has 52 heavy (non-hydrogen) atoms. The molecule has 4 atom stereocenters. The molecule has 0 saturated heterocycles. The van der Waals surface area contributed by atoms with Crippen LogP contribution in [-0.2, 0) is 30.5 Å². The van der Waals surface area contributed by atoms with E-state index >= 15 is 4.39 Å². The average molecular weight is 726 g/mol. The van der Waals surface area contributed by atoms with Crippen LogP contribution in [-0.4, -0.2) is 89.5 Å². The molecule has 3 aromatic rings. The molecular formula is C37H49F2N7O6. The molecule has 1 heterocycles. The third-order valence-electron chi connectivity index (χ3n) is 8.64. The number of hydrogen-bond donors (Lipinski definition) is 6. The van der Waals surface area contributed by atoms with Gasteiger partial charge in [-0.2, -0.15) is 0 Å². The van der Waals surface area contributed by atoms with E-state index in [0.29, 0.717) is 17.8 Å². The highest BCUT2D eigenvalue weighted by atomic mass is 19.1. The van der Waals surface area contributed by atoms with E-state index in [-0.39, 0.29) is 18.5 Å². The molecule has 13 nitrogen and oxygen atoms in total. The van der Waals surface area contributed by atoms with Gasteiger partial charge in [-0.3, -0.25) is 24.0 Å². The number of aliphatic hydroxyl groups excluding tert-OH is 1. The largest absolute Gasteiger partial charge is 0.387 e. The molecule has 0 aliphatic heterocycles. The van der Waals surface area contributed by atoms with Crippen LogP contribution in [0.4, 0.5) is 8.78 Å². The number of likely N-dealkylation sites (N-methyl/N-ethyl adjacent to an activating group) is 2. The monoisotopic (exact) mass is 725 g/mol. The summed E-state index contributed by atoms with van der Waals surface area (Å²) in [5.41, 5.74) is 6.43. The fourth-order valence-electron chi connectivity index (χ4n) is 5.92. The third-order valence-corrected chi connectivity index (χ3v) is 8.64. The lowest BCUT2D eigenvalue weighted by molar-refractivity contribution is -0.140. The first kappa shape index (κ1) is 41.3. The number of hydrogen-bond acceptors (Lipinski definition) is 7. The molecule has 4 unspecified atom stereocenters. The summed E-state index contributed by atoms with van der Waals surface area (Å²) < 4.78 is 31.3. The molecule has 0 saturated carbocycles. The molecule has 0 fully saturated rings. The smallest absolute Gasteiger partial charge is 0.248 e. The van der Waals surface area contributed by atoms with Crippen molar-refractivity contribution in [2.45, 2.75) is 71.2 Å². The molecule has 0 bridgehead atoms. The molecule has 15 heteroatoms. The molecule has 1 aromatic heterocycles. The lowest BCUT2D eigenvalue weighted by atomic mass is 9.82. The van der Waals surface area contributed by atoms with Gasteiger partial charge in [-0.05, 0) is 55.6 Å². The summed E-state index contributed by atoms with van der Waals surface area (Å²) in [5.74, 6) is -4.88. The van der Waals surface area contributed by atoms with Crippen molar-refractivity contribution in [3.05, 3.63) is 83.7 Å². The van der Waals surface area contributed by atoms with E-state index in [1.807, 2.05) is 55.7 Å². The number of halogens is 2. The van der Waals surface area contributed by atoms with Crippen molar-refractivity contribution < 1.29 is 37.9 Å². The summed E-state index contributed by atoms with van der Waals surface area (Å²) in [6.07, 6.45) is 0.983. The highest BCUT2D eigenvalue weighted by molar-refractivity contribution is 5.95. The Morgan fingerprint density at radius 2 is 1.58 bits per heavy atom. The number of carbonyl (C=O) groups excluding carboxylic acids is 5. The molecule has 0 aliphatic rings. The van der Waals surface area contributed by atoms with Gasteiger partial charge in [-0.15, -0.1) is 0 Å². The zero-order valence-electron chi connectivity index (χ0n) is 30.3. The van der Waals surface area contributed by atoms with Gasteiger partial charge in [0.15, 0.2) is 0 Å². The Hall–Kier alpha value is -5.15. The fraction of sp³-hybridized carbons (Fsp3) is 0.432. The maximum atomic E-state index is 15.1. The second kappa shape index (κ2) is 18.4. The van der Waals surface area contributed by atoms with Crippen LogP contribution in [0.2, 0.25) is 0 Å². The first-order valence-corrected chi connectivity index (χ1v) is 16.9. The van der Waals surface area contributed by atoms with E-state index in [4.69, 9.17) is 5.73 Å². The Labute approximate surface area is 302 Å². The number of amides is 5. The molecule has 5 amide bonds. The van der Waals surface area contributed by atoms with Crippen LogP contribution in [0.1, 0.15) is 57.8 Å². The number of benzene rings is 2. The van der Waals surface area contributed by atoms with Gasteiger partial charge in [0.1, 0.15) is 30.3 Å². The van der Waals surface area contributed by atoms with E-state index in [1.165, 1.54) is 11.9 Å². The van der Waals surface area contributed by atoms with Gasteiger partial charge in [0, 0.05) is 43.2 Å². The van der Waals surface area contributed by atoms with Crippen LogP contribution in [0.15, 0.2) is 60.8 Å². The normalized spacial score (nSPS) is 13.7. The minimum atomic E-state index is -1.40. The number of aromatic nitrogens is 1. The Morgan fingerprint density at radius 3 is 2.15 bits per heavy atom. The summed E-state index contributed by atoms with van der Waals surface area (Å²) in [6.45, 7) is 6.43. The summed E-state index contributed by atoms with van der Waals surface area (Å²) in [5, 5.41) is 20.4. The van der Waals surface area contributed by atoms with Crippen LogP contribution in [0.3, 0.4) is 0 Å². The van der Waals surface area contributed by atoms with Crippen LogP contribution >= 0.6 is 0 Å². The van der Waals surface area contributed by atoms with Crippen molar-refractivity contribution in [1.29, 1.82) is 0 Å². The van der Waals surface area contributed by atoms with Crippen LogP contribution in [0.5, 0.6) is 0 Å². The van der Waals surface area contributed by atoms with Crippen molar-refractivity contribution in [3.8, 4) is 11.1 Å². The third kappa shape index (κ3) is 10.9. The summed E-state index contributed by atoms with van der Waals surface area (Å²) in [6, 6.07) is 10.1. The second-order valence-electron chi connectivity index (χ2n) is 13.6. The molecular weight excluding hydrogens is 676 g/mol. The Bertz CT molecular complexity index is 1730. The van der Waals surface area contributed by atoms with Gasteiger partial charge in [0.25, 0.3) is 0 Å². The number of primary amides is 1. The van der Waals surface area contributed by atoms with Gasteiger partial charge in [0.05, 0.1) is 18.5 Å². The fourth-order valence-corrected chi connectivity index (χ4v) is 5.92. The second-order valence-corrected chi connectivity index (χ2v) is 13.6. The number of rotatable bonds is 17. The highest BCUT2D eigenvalue weighted by Gasteiger charge is 2.38. The van der Waals surface area contributed by atoms with Crippen molar-refractivity contribution in [3.63, 3.8) is 0 Å². The van der Waals surface area contributed by atoms with Gasteiger partial charge < -0.3 is 41.6 Å². The quantitative estimate of drug-likeness (QED) is 0.123. The first-order valence-electron chi connectivity index (χ1n) is 16.9. The Kier molecular flexibility index (Phi) is 14.6. The average Bonchev–Trinajstić information content (AvgIpc) is 3.50. The summed E-state index contributed by atoms with van der Waals surface area (Å²) in [7, 11) is 2.90. The number of nitrogens with two attached hydrogens (primary N) is 1. The maximum Gasteiger partial charge on any atom is 0.248 e. The van der Waals surface area contributed by atoms with Gasteiger partial charge in [0.2, 0.25) is 29.5 Å². The van der Waals surface area contributed by atoms with E-state index in [0.717, 1.165) is 23.8 Å². The van der Waals surface area contributed by atoms with E-state index < -0.39 is 83.8 Å². The molecule has 2 aromatic carbocycles. The highest BCUT2D eigenvalue weighted by Crippen LogP contribution is 2.41. The molecule has 3 rings (SSSR count). The van der Waals surface area contributed by atoms with Gasteiger partial charge in [-0.1, -0.05) is 51.1 Å². The van der Waals surface area contributed by atoms with E-state index in [2.05, 4.69) is 21.3 Å². The summed E-state index contributed by atoms with van der Waals surface area (Å²) in [4.78, 5) is 65.8. The van der Waals surface area contributed by atoms with Crippen molar-refractivity contribution in [1.82, 2.24) is 30.7 Å². The maximum absolute atomic E-state index is 15.1. The lowest BCUT2D eigenvalue weighted by Crippen LogP contribution is -2.57. The molecule has 0 aliphatic carbocycles.